The first kappa shape index (κ1) is 17.7. The highest BCUT2D eigenvalue weighted by atomic mass is 16.5. The number of likely N-dealkylation sites (tertiary alicyclic amines) is 1. The average Bonchev–Trinajstić information content (AvgIpc) is 3.11. The Morgan fingerprint density at radius 3 is 2.93 bits per heavy atom. The van der Waals surface area contributed by atoms with E-state index >= 15 is 0 Å². The second-order valence-corrected chi connectivity index (χ2v) is 7.52. The molecule has 4 nitrogen and oxygen atoms in total. The summed E-state index contributed by atoms with van der Waals surface area (Å²) in [5.74, 6) is 1.45. The van der Waals surface area contributed by atoms with Gasteiger partial charge in [-0.1, -0.05) is 29.8 Å². The number of amides is 1. The van der Waals surface area contributed by atoms with Crippen LogP contribution in [0.5, 0.6) is 5.75 Å². The molecule has 1 unspecified atom stereocenters. The van der Waals surface area contributed by atoms with Gasteiger partial charge in [0.1, 0.15) is 5.75 Å². The summed E-state index contributed by atoms with van der Waals surface area (Å²) in [4.78, 5) is 18.4. The van der Waals surface area contributed by atoms with Crippen molar-refractivity contribution in [1.29, 1.82) is 0 Å². The number of H-pyrrole nitrogens is 1. The largest absolute Gasteiger partial charge is 0.497 e. The van der Waals surface area contributed by atoms with Crippen LogP contribution in [0.15, 0.2) is 48.5 Å². The van der Waals surface area contributed by atoms with Crippen molar-refractivity contribution in [3.63, 3.8) is 0 Å². The summed E-state index contributed by atoms with van der Waals surface area (Å²) in [5, 5.41) is 1.16. The smallest absolute Gasteiger partial charge is 0.227 e. The summed E-state index contributed by atoms with van der Waals surface area (Å²) in [6.45, 7) is 3.71. The molecule has 2 aromatic carbocycles. The third-order valence-electron chi connectivity index (χ3n) is 5.50. The third kappa shape index (κ3) is 3.85. The number of hydrogen-bond donors (Lipinski definition) is 1. The molecule has 1 atom stereocenters. The molecule has 0 bridgehead atoms. The number of carbonyl (C=O) groups is 1. The minimum absolute atomic E-state index is 0.225. The molecule has 1 N–H and O–H groups in total. The second kappa shape index (κ2) is 7.47. The van der Waals surface area contributed by atoms with Crippen LogP contribution in [0, 0.1) is 6.92 Å². The van der Waals surface area contributed by atoms with E-state index in [2.05, 4.69) is 42.2 Å². The minimum Gasteiger partial charge on any atom is -0.497 e. The van der Waals surface area contributed by atoms with E-state index < -0.39 is 0 Å². The normalized spacial score (nSPS) is 17.3. The fourth-order valence-corrected chi connectivity index (χ4v) is 4.05. The summed E-state index contributed by atoms with van der Waals surface area (Å²) < 4.78 is 5.32. The Balaban J connectivity index is 1.48. The summed E-state index contributed by atoms with van der Waals surface area (Å²) in [7, 11) is 1.69. The topological polar surface area (TPSA) is 45.3 Å². The van der Waals surface area contributed by atoms with Crippen LogP contribution >= 0.6 is 0 Å². The van der Waals surface area contributed by atoms with Gasteiger partial charge in [-0.05, 0) is 49.6 Å². The Labute approximate surface area is 160 Å². The van der Waals surface area contributed by atoms with Crippen molar-refractivity contribution in [1.82, 2.24) is 9.88 Å². The van der Waals surface area contributed by atoms with E-state index in [-0.39, 0.29) is 5.91 Å². The number of nitrogens with one attached hydrogen (secondary N) is 1. The highest BCUT2D eigenvalue weighted by Crippen LogP contribution is 2.30. The standard InChI is InChI=1S/C23H26N2O2/c1-16-5-3-6-17(11-16)12-23(26)25-10-4-7-18(15-25)22-14-19-13-20(27-2)8-9-21(19)24-22/h3,5-6,8-9,11,13-14,18,24H,4,7,10,12,15H2,1-2H3. The Bertz CT molecular complexity index is 960. The van der Waals surface area contributed by atoms with E-state index in [9.17, 15) is 4.79 Å². The van der Waals surface area contributed by atoms with Crippen LogP contribution in [-0.2, 0) is 11.2 Å². The summed E-state index contributed by atoms with van der Waals surface area (Å²) in [5.41, 5.74) is 4.63. The van der Waals surface area contributed by atoms with E-state index in [1.54, 1.807) is 7.11 Å². The van der Waals surface area contributed by atoms with Gasteiger partial charge in [0.05, 0.1) is 13.5 Å². The molecule has 27 heavy (non-hydrogen) atoms. The number of aryl methyl sites for hydroxylation is 1. The van der Waals surface area contributed by atoms with Crippen LogP contribution in [0.3, 0.4) is 0 Å². The summed E-state index contributed by atoms with van der Waals surface area (Å²) >= 11 is 0. The van der Waals surface area contributed by atoms with Crippen LogP contribution in [0.1, 0.15) is 35.6 Å². The van der Waals surface area contributed by atoms with Crippen LogP contribution in [-0.4, -0.2) is 36.0 Å². The van der Waals surface area contributed by atoms with Crippen LogP contribution in [0.2, 0.25) is 0 Å². The van der Waals surface area contributed by atoms with E-state index in [4.69, 9.17) is 4.74 Å². The Hall–Kier alpha value is -2.75. The lowest BCUT2D eigenvalue weighted by atomic mass is 9.94. The van der Waals surface area contributed by atoms with Gasteiger partial charge in [-0.2, -0.15) is 0 Å². The van der Waals surface area contributed by atoms with E-state index in [0.29, 0.717) is 12.3 Å². The molecule has 4 heteroatoms. The van der Waals surface area contributed by atoms with E-state index in [0.717, 1.165) is 48.1 Å². The predicted octanol–water partition coefficient (Wildman–Crippen LogP) is 4.43. The quantitative estimate of drug-likeness (QED) is 0.746. The molecular formula is C23H26N2O2. The van der Waals surface area contributed by atoms with Gasteiger partial charge in [0.2, 0.25) is 5.91 Å². The van der Waals surface area contributed by atoms with Crippen molar-refractivity contribution in [2.45, 2.75) is 32.1 Å². The van der Waals surface area contributed by atoms with E-state index in [1.807, 2.05) is 23.1 Å². The molecule has 140 valence electrons. The lowest BCUT2D eigenvalue weighted by molar-refractivity contribution is -0.131. The summed E-state index contributed by atoms with van der Waals surface area (Å²) in [6, 6.07) is 16.5. The van der Waals surface area contributed by atoms with Crippen molar-refractivity contribution >= 4 is 16.8 Å². The van der Waals surface area contributed by atoms with Gasteiger partial charge in [0.25, 0.3) is 0 Å². The first-order valence-electron chi connectivity index (χ1n) is 9.62. The van der Waals surface area contributed by atoms with Gasteiger partial charge in [0.15, 0.2) is 0 Å². The molecule has 1 aliphatic heterocycles. The molecule has 0 spiro atoms. The molecule has 3 aromatic rings. The van der Waals surface area contributed by atoms with Gasteiger partial charge in [-0.15, -0.1) is 0 Å². The van der Waals surface area contributed by atoms with Crippen molar-refractivity contribution in [2.24, 2.45) is 0 Å². The fourth-order valence-electron chi connectivity index (χ4n) is 4.05. The average molecular weight is 362 g/mol. The lowest BCUT2D eigenvalue weighted by Crippen LogP contribution is -2.40. The molecule has 4 rings (SSSR count). The second-order valence-electron chi connectivity index (χ2n) is 7.52. The number of aromatic amines is 1. The molecule has 1 aliphatic rings. The molecule has 1 amide bonds. The van der Waals surface area contributed by atoms with Gasteiger partial charge in [-0.25, -0.2) is 0 Å². The minimum atomic E-state index is 0.225. The molecule has 1 fully saturated rings. The number of nitrogens with zero attached hydrogens (tertiary/aromatic N) is 1. The number of fused-ring (bicyclic) bond motifs is 1. The van der Waals surface area contributed by atoms with Crippen LogP contribution in [0.25, 0.3) is 10.9 Å². The molecule has 0 aliphatic carbocycles. The summed E-state index contributed by atoms with van der Waals surface area (Å²) in [6.07, 6.45) is 2.64. The molecule has 0 radical (unpaired) electrons. The van der Waals surface area contributed by atoms with Gasteiger partial charge in [-0.3, -0.25) is 4.79 Å². The number of carbonyl (C=O) groups excluding carboxylic acids is 1. The zero-order chi connectivity index (χ0) is 18.8. The Morgan fingerprint density at radius 1 is 1.22 bits per heavy atom. The molecule has 0 saturated carbocycles. The van der Waals surface area contributed by atoms with E-state index in [1.165, 1.54) is 11.3 Å². The maximum atomic E-state index is 12.8. The zero-order valence-corrected chi connectivity index (χ0v) is 16.0. The van der Waals surface area contributed by atoms with Gasteiger partial charge in [0, 0.05) is 35.6 Å². The highest BCUT2D eigenvalue weighted by Gasteiger charge is 2.25. The van der Waals surface area contributed by atoms with Crippen molar-refractivity contribution in [3.05, 3.63) is 65.4 Å². The zero-order valence-electron chi connectivity index (χ0n) is 16.0. The Kier molecular flexibility index (Phi) is 4.88. The predicted molar refractivity (Wildman–Crippen MR) is 108 cm³/mol. The molecule has 1 aromatic heterocycles. The number of piperidine rings is 1. The Morgan fingerprint density at radius 2 is 2.11 bits per heavy atom. The fraction of sp³-hybridized carbons (Fsp3) is 0.348. The van der Waals surface area contributed by atoms with Crippen molar-refractivity contribution in [2.75, 3.05) is 20.2 Å². The number of aromatic nitrogens is 1. The van der Waals surface area contributed by atoms with Gasteiger partial charge >= 0.3 is 0 Å². The van der Waals surface area contributed by atoms with Gasteiger partial charge < -0.3 is 14.6 Å². The highest BCUT2D eigenvalue weighted by molar-refractivity contribution is 5.82. The number of benzene rings is 2. The van der Waals surface area contributed by atoms with Crippen LogP contribution in [0.4, 0.5) is 0 Å². The molecular weight excluding hydrogens is 336 g/mol. The first-order valence-corrected chi connectivity index (χ1v) is 9.62. The van der Waals surface area contributed by atoms with Crippen molar-refractivity contribution in [3.8, 4) is 5.75 Å². The monoisotopic (exact) mass is 362 g/mol. The first-order chi connectivity index (χ1) is 13.1. The van der Waals surface area contributed by atoms with Crippen molar-refractivity contribution < 1.29 is 9.53 Å². The number of ether oxygens (including phenoxy) is 1. The maximum Gasteiger partial charge on any atom is 0.227 e. The van der Waals surface area contributed by atoms with Crippen LogP contribution < -0.4 is 4.74 Å². The SMILES string of the molecule is COc1ccc2[nH]c(C3CCCN(C(=O)Cc4cccc(C)c4)C3)cc2c1. The number of rotatable bonds is 4. The number of hydrogen-bond acceptors (Lipinski definition) is 2. The lowest BCUT2D eigenvalue weighted by Gasteiger charge is -2.32. The third-order valence-corrected chi connectivity index (χ3v) is 5.50. The molecule has 1 saturated heterocycles. The number of methoxy groups -OCH3 is 1. The molecule has 2 heterocycles. The maximum absolute atomic E-state index is 12.8.